The standard InChI is InChI=1S/C29H29NO/c31-28(25-8-6-24(7-9-25)23-4-2-1-3-5-23)30-27-12-10-26(11-13-27)29-17-20-14-21(18-29)16-22(15-20)19-29/h1-13,20-22H,14-19H2,(H,30,31). The second-order valence-electron chi connectivity index (χ2n) is 10.2. The molecule has 7 rings (SSSR count). The third-order valence-corrected chi connectivity index (χ3v) is 8.05. The summed E-state index contributed by atoms with van der Waals surface area (Å²) in [6, 6.07) is 26.8. The number of hydrogen-bond donors (Lipinski definition) is 1. The van der Waals surface area contributed by atoms with E-state index in [-0.39, 0.29) is 5.91 Å². The zero-order chi connectivity index (χ0) is 20.8. The van der Waals surface area contributed by atoms with Gasteiger partial charge in [-0.25, -0.2) is 0 Å². The fourth-order valence-electron chi connectivity index (χ4n) is 7.02. The molecule has 0 saturated heterocycles. The summed E-state index contributed by atoms with van der Waals surface area (Å²) in [5.74, 6) is 2.79. The maximum atomic E-state index is 12.8. The number of nitrogens with one attached hydrogen (secondary N) is 1. The van der Waals surface area contributed by atoms with Crippen LogP contribution in [0.1, 0.15) is 54.4 Å². The Morgan fingerprint density at radius 1 is 0.677 bits per heavy atom. The predicted octanol–water partition coefficient (Wildman–Crippen LogP) is 7.07. The van der Waals surface area contributed by atoms with Gasteiger partial charge < -0.3 is 5.32 Å². The second-order valence-corrected chi connectivity index (χ2v) is 10.2. The number of amides is 1. The largest absolute Gasteiger partial charge is 0.322 e. The van der Waals surface area contributed by atoms with Crippen LogP contribution in [0.25, 0.3) is 11.1 Å². The van der Waals surface area contributed by atoms with Crippen LogP contribution in [0.5, 0.6) is 0 Å². The number of benzene rings is 3. The van der Waals surface area contributed by atoms with E-state index in [1.54, 1.807) is 0 Å². The molecule has 1 N–H and O–H groups in total. The summed E-state index contributed by atoms with van der Waals surface area (Å²) in [4.78, 5) is 12.8. The van der Waals surface area contributed by atoms with Crippen molar-refractivity contribution in [1.29, 1.82) is 0 Å². The highest BCUT2D eigenvalue weighted by Gasteiger charge is 2.51. The van der Waals surface area contributed by atoms with Crippen LogP contribution in [0.4, 0.5) is 5.69 Å². The van der Waals surface area contributed by atoms with E-state index in [1.807, 2.05) is 42.5 Å². The van der Waals surface area contributed by atoms with Crippen LogP contribution < -0.4 is 5.32 Å². The van der Waals surface area contributed by atoms with Crippen LogP contribution in [0.3, 0.4) is 0 Å². The fourth-order valence-corrected chi connectivity index (χ4v) is 7.02. The van der Waals surface area contributed by atoms with Crippen molar-refractivity contribution < 1.29 is 4.79 Å². The number of rotatable bonds is 4. The molecule has 156 valence electrons. The molecule has 0 heterocycles. The molecule has 31 heavy (non-hydrogen) atoms. The topological polar surface area (TPSA) is 29.1 Å². The molecule has 2 nitrogen and oxygen atoms in total. The molecule has 4 aliphatic rings. The minimum Gasteiger partial charge on any atom is -0.322 e. The lowest BCUT2D eigenvalue weighted by molar-refractivity contribution is -0.00518. The summed E-state index contributed by atoms with van der Waals surface area (Å²) >= 11 is 0. The monoisotopic (exact) mass is 407 g/mol. The van der Waals surface area contributed by atoms with E-state index >= 15 is 0 Å². The molecule has 4 aliphatic carbocycles. The van der Waals surface area contributed by atoms with Gasteiger partial charge in [-0.15, -0.1) is 0 Å². The average Bonchev–Trinajstić information content (AvgIpc) is 2.79. The molecule has 4 bridgehead atoms. The zero-order valence-corrected chi connectivity index (χ0v) is 17.9. The minimum atomic E-state index is -0.0535. The molecule has 4 fully saturated rings. The molecule has 0 unspecified atom stereocenters. The van der Waals surface area contributed by atoms with E-state index in [1.165, 1.54) is 44.1 Å². The van der Waals surface area contributed by atoms with E-state index < -0.39 is 0 Å². The highest BCUT2D eigenvalue weighted by Crippen LogP contribution is 2.60. The molecule has 0 spiro atoms. The van der Waals surface area contributed by atoms with Gasteiger partial charge in [0.25, 0.3) is 5.91 Å². The van der Waals surface area contributed by atoms with Crippen molar-refractivity contribution in [3.05, 3.63) is 90.0 Å². The Kier molecular flexibility index (Phi) is 4.49. The molecule has 2 heteroatoms. The molecule has 0 aliphatic heterocycles. The Labute approximate surface area is 184 Å². The van der Waals surface area contributed by atoms with Gasteiger partial charge in [0.15, 0.2) is 0 Å². The third kappa shape index (κ3) is 3.48. The summed E-state index contributed by atoms with van der Waals surface area (Å²) in [5, 5.41) is 3.08. The third-order valence-electron chi connectivity index (χ3n) is 8.05. The molecule has 4 saturated carbocycles. The molecular formula is C29H29NO. The van der Waals surface area contributed by atoms with Crippen molar-refractivity contribution >= 4 is 11.6 Å². The first-order valence-electron chi connectivity index (χ1n) is 11.7. The molecule has 0 radical (unpaired) electrons. The highest BCUT2D eigenvalue weighted by molar-refractivity contribution is 6.04. The second kappa shape index (κ2) is 7.37. The van der Waals surface area contributed by atoms with Gasteiger partial charge in [0.1, 0.15) is 0 Å². The fraction of sp³-hybridized carbons (Fsp3) is 0.345. The van der Waals surface area contributed by atoms with Crippen molar-refractivity contribution in [3.8, 4) is 11.1 Å². The lowest BCUT2D eigenvalue weighted by Gasteiger charge is -2.57. The van der Waals surface area contributed by atoms with E-state index in [0.29, 0.717) is 11.0 Å². The van der Waals surface area contributed by atoms with E-state index in [0.717, 1.165) is 34.6 Å². The molecule has 0 atom stereocenters. The van der Waals surface area contributed by atoms with Gasteiger partial charge in [0, 0.05) is 11.3 Å². The van der Waals surface area contributed by atoms with Crippen LogP contribution in [0.2, 0.25) is 0 Å². The summed E-state index contributed by atoms with van der Waals surface area (Å²) < 4.78 is 0. The molecule has 3 aromatic rings. The molecule has 1 amide bonds. The van der Waals surface area contributed by atoms with Crippen LogP contribution in [-0.2, 0) is 5.41 Å². The van der Waals surface area contributed by atoms with Gasteiger partial charge >= 0.3 is 0 Å². The maximum Gasteiger partial charge on any atom is 0.255 e. The lowest BCUT2D eigenvalue weighted by atomic mass is 9.48. The average molecular weight is 408 g/mol. The van der Waals surface area contributed by atoms with Gasteiger partial charge in [-0.3, -0.25) is 4.79 Å². The first-order chi connectivity index (χ1) is 15.2. The van der Waals surface area contributed by atoms with E-state index in [4.69, 9.17) is 0 Å². The van der Waals surface area contributed by atoms with Gasteiger partial charge in [-0.1, -0.05) is 54.6 Å². The normalized spacial score (nSPS) is 28.5. The summed E-state index contributed by atoms with van der Waals surface area (Å²) in [7, 11) is 0. The molecule has 0 aromatic heterocycles. The van der Waals surface area contributed by atoms with Gasteiger partial charge in [-0.05, 0) is 103 Å². The van der Waals surface area contributed by atoms with Crippen molar-refractivity contribution in [2.45, 2.75) is 43.9 Å². The number of hydrogen-bond acceptors (Lipinski definition) is 1. The van der Waals surface area contributed by atoms with Gasteiger partial charge in [0.05, 0.1) is 0 Å². The minimum absolute atomic E-state index is 0.0535. The van der Waals surface area contributed by atoms with Crippen LogP contribution in [0.15, 0.2) is 78.9 Å². The SMILES string of the molecule is O=C(Nc1ccc(C23CC4CC(CC(C4)C2)C3)cc1)c1ccc(-c2ccccc2)cc1. The Morgan fingerprint density at radius 2 is 1.23 bits per heavy atom. The first-order valence-corrected chi connectivity index (χ1v) is 11.7. The number of carbonyl (C=O) groups is 1. The Hall–Kier alpha value is -2.87. The van der Waals surface area contributed by atoms with Crippen LogP contribution in [0, 0.1) is 17.8 Å². The van der Waals surface area contributed by atoms with Crippen molar-refractivity contribution in [2.24, 2.45) is 17.8 Å². The summed E-state index contributed by atoms with van der Waals surface area (Å²) in [5.41, 5.74) is 5.75. The molecule has 3 aromatic carbocycles. The summed E-state index contributed by atoms with van der Waals surface area (Å²) in [6.07, 6.45) is 8.53. The number of carbonyl (C=O) groups excluding carboxylic acids is 1. The quantitative estimate of drug-likeness (QED) is 0.492. The van der Waals surface area contributed by atoms with Crippen LogP contribution in [-0.4, -0.2) is 5.91 Å². The lowest BCUT2D eigenvalue weighted by Crippen LogP contribution is -2.48. The Morgan fingerprint density at radius 3 is 1.81 bits per heavy atom. The number of anilines is 1. The molecular weight excluding hydrogens is 378 g/mol. The van der Waals surface area contributed by atoms with E-state index in [9.17, 15) is 4.79 Å². The van der Waals surface area contributed by atoms with Crippen molar-refractivity contribution in [1.82, 2.24) is 0 Å². The maximum absolute atomic E-state index is 12.8. The van der Waals surface area contributed by atoms with E-state index in [2.05, 4.69) is 41.7 Å². The predicted molar refractivity (Wildman–Crippen MR) is 126 cm³/mol. The van der Waals surface area contributed by atoms with Gasteiger partial charge in [-0.2, -0.15) is 0 Å². The van der Waals surface area contributed by atoms with Crippen LogP contribution >= 0.6 is 0 Å². The Bertz CT molecular complexity index is 1050. The smallest absolute Gasteiger partial charge is 0.255 e. The summed E-state index contributed by atoms with van der Waals surface area (Å²) in [6.45, 7) is 0. The zero-order valence-electron chi connectivity index (χ0n) is 17.9. The highest BCUT2D eigenvalue weighted by atomic mass is 16.1. The Balaban J connectivity index is 1.16. The van der Waals surface area contributed by atoms with Gasteiger partial charge in [0.2, 0.25) is 0 Å². The first kappa shape index (κ1) is 18.9. The van der Waals surface area contributed by atoms with Crippen molar-refractivity contribution in [3.63, 3.8) is 0 Å². The van der Waals surface area contributed by atoms with Crippen molar-refractivity contribution in [2.75, 3.05) is 5.32 Å².